The summed E-state index contributed by atoms with van der Waals surface area (Å²) in [4.78, 5) is 11.0. The van der Waals surface area contributed by atoms with E-state index in [-0.39, 0.29) is 18.6 Å². The lowest BCUT2D eigenvalue weighted by molar-refractivity contribution is -0.151. The summed E-state index contributed by atoms with van der Waals surface area (Å²) in [5.41, 5.74) is 1.93. The number of aliphatic hydroxyl groups is 2. The highest BCUT2D eigenvalue weighted by Crippen LogP contribution is 2.17. The molecular formula is C14H19NO4. The summed E-state index contributed by atoms with van der Waals surface area (Å²) < 4.78 is 5.16. The second kappa shape index (κ2) is 6.14. The zero-order chi connectivity index (χ0) is 13.8. The van der Waals surface area contributed by atoms with Gasteiger partial charge >= 0.3 is 5.97 Å². The fraction of sp³-hybridized carbons (Fsp3) is 0.500. The van der Waals surface area contributed by atoms with Crippen molar-refractivity contribution in [3.8, 4) is 0 Å². The van der Waals surface area contributed by atoms with E-state index < -0.39 is 12.2 Å². The van der Waals surface area contributed by atoms with Gasteiger partial charge in [-0.2, -0.15) is 0 Å². The number of carbonyl (C=O) groups excluding carboxylic acids is 1. The molecule has 1 aromatic carbocycles. The minimum atomic E-state index is -0.661. The van der Waals surface area contributed by atoms with E-state index in [1.165, 1.54) is 6.92 Å². The Bertz CT molecular complexity index is 432. The Morgan fingerprint density at radius 3 is 2.58 bits per heavy atom. The SMILES string of the molecule is CC(=O)O[C@H]1C(Cc2ccc(CO)cc2)NC[C@@H]1O. The Balaban J connectivity index is 2.02. The number of carbonyl (C=O) groups is 1. The molecule has 0 saturated carbocycles. The van der Waals surface area contributed by atoms with Gasteiger partial charge in [0.05, 0.1) is 12.6 Å². The van der Waals surface area contributed by atoms with Crippen molar-refractivity contribution in [3.05, 3.63) is 35.4 Å². The molecule has 1 aromatic rings. The average Bonchev–Trinajstić information content (AvgIpc) is 2.72. The maximum absolute atomic E-state index is 11.0. The molecule has 5 nitrogen and oxygen atoms in total. The van der Waals surface area contributed by atoms with Crippen LogP contribution >= 0.6 is 0 Å². The summed E-state index contributed by atoms with van der Waals surface area (Å²) in [6.45, 7) is 1.80. The van der Waals surface area contributed by atoms with Gasteiger partial charge in [0.15, 0.2) is 0 Å². The fourth-order valence-corrected chi connectivity index (χ4v) is 2.35. The van der Waals surface area contributed by atoms with E-state index in [4.69, 9.17) is 9.84 Å². The zero-order valence-corrected chi connectivity index (χ0v) is 10.9. The van der Waals surface area contributed by atoms with Crippen molar-refractivity contribution >= 4 is 5.97 Å². The van der Waals surface area contributed by atoms with Crippen molar-refractivity contribution in [2.45, 2.75) is 38.2 Å². The molecule has 0 aliphatic carbocycles. The highest BCUT2D eigenvalue weighted by atomic mass is 16.6. The molecule has 0 amide bonds. The van der Waals surface area contributed by atoms with Gasteiger partial charge in [0.1, 0.15) is 12.2 Å². The van der Waals surface area contributed by atoms with Gasteiger partial charge in [-0.3, -0.25) is 4.79 Å². The number of nitrogens with one attached hydrogen (secondary N) is 1. The number of hydrogen-bond acceptors (Lipinski definition) is 5. The molecule has 0 aromatic heterocycles. The first-order chi connectivity index (χ1) is 9.10. The summed E-state index contributed by atoms with van der Waals surface area (Å²) in [7, 11) is 0. The molecule has 2 rings (SSSR count). The van der Waals surface area contributed by atoms with Crippen LogP contribution in [0, 0.1) is 0 Å². The molecular weight excluding hydrogens is 246 g/mol. The molecule has 1 aliphatic heterocycles. The summed E-state index contributed by atoms with van der Waals surface area (Å²) in [5, 5.41) is 21.9. The monoisotopic (exact) mass is 265 g/mol. The Labute approximate surface area is 112 Å². The van der Waals surface area contributed by atoms with E-state index >= 15 is 0 Å². The van der Waals surface area contributed by atoms with Gasteiger partial charge in [0.25, 0.3) is 0 Å². The standard InChI is InChI=1S/C14H19NO4/c1-9(17)19-14-12(15-7-13(14)18)6-10-2-4-11(8-16)5-3-10/h2-5,12-16,18H,6-8H2,1H3/t12?,13-,14-/m0/s1. The maximum Gasteiger partial charge on any atom is 0.303 e. The summed E-state index contributed by atoms with van der Waals surface area (Å²) in [6.07, 6.45) is -0.499. The lowest BCUT2D eigenvalue weighted by atomic mass is 10.0. The van der Waals surface area contributed by atoms with Gasteiger partial charge < -0.3 is 20.3 Å². The highest BCUT2D eigenvalue weighted by molar-refractivity contribution is 5.66. The van der Waals surface area contributed by atoms with Crippen molar-refractivity contribution in [1.82, 2.24) is 5.32 Å². The van der Waals surface area contributed by atoms with Gasteiger partial charge in [-0.05, 0) is 17.5 Å². The quantitative estimate of drug-likeness (QED) is 0.667. The van der Waals surface area contributed by atoms with Crippen molar-refractivity contribution in [1.29, 1.82) is 0 Å². The Kier molecular flexibility index (Phi) is 4.52. The van der Waals surface area contributed by atoms with E-state index in [0.717, 1.165) is 11.1 Å². The molecule has 1 aliphatic rings. The highest BCUT2D eigenvalue weighted by Gasteiger charge is 2.37. The largest absolute Gasteiger partial charge is 0.458 e. The first kappa shape index (κ1) is 14.0. The Hall–Kier alpha value is -1.43. The second-order valence-electron chi connectivity index (χ2n) is 4.83. The topological polar surface area (TPSA) is 78.8 Å². The van der Waals surface area contributed by atoms with Gasteiger partial charge in [-0.1, -0.05) is 24.3 Å². The Morgan fingerprint density at radius 2 is 2.00 bits per heavy atom. The number of aliphatic hydroxyl groups excluding tert-OH is 2. The molecule has 1 saturated heterocycles. The van der Waals surface area contributed by atoms with Crippen LogP contribution in [-0.4, -0.2) is 41.0 Å². The molecule has 1 fully saturated rings. The normalized spacial score (nSPS) is 26.4. The van der Waals surface area contributed by atoms with E-state index in [0.29, 0.717) is 13.0 Å². The number of β-amino-alcohol motifs (C(OH)–C–C–N with tert-alkyl or cyclic N) is 1. The lowest BCUT2D eigenvalue weighted by Crippen LogP contribution is -2.38. The second-order valence-corrected chi connectivity index (χ2v) is 4.83. The smallest absolute Gasteiger partial charge is 0.303 e. The summed E-state index contributed by atoms with van der Waals surface area (Å²) >= 11 is 0. The predicted molar refractivity (Wildman–Crippen MR) is 69.4 cm³/mol. The van der Waals surface area contributed by atoms with Gasteiger partial charge in [-0.25, -0.2) is 0 Å². The van der Waals surface area contributed by atoms with Gasteiger partial charge in [0.2, 0.25) is 0 Å². The van der Waals surface area contributed by atoms with Crippen LogP contribution in [0.25, 0.3) is 0 Å². The molecule has 1 unspecified atom stereocenters. The predicted octanol–water partition coefficient (Wildman–Crippen LogP) is -0.0142. The van der Waals surface area contributed by atoms with Crippen LogP contribution in [0.2, 0.25) is 0 Å². The molecule has 104 valence electrons. The van der Waals surface area contributed by atoms with Crippen LogP contribution < -0.4 is 5.32 Å². The van der Waals surface area contributed by atoms with Crippen molar-refractivity contribution in [3.63, 3.8) is 0 Å². The molecule has 0 spiro atoms. The number of hydrogen-bond donors (Lipinski definition) is 3. The van der Waals surface area contributed by atoms with Crippen LogP contribution in [0.5, 0.6) is 0 Å². The molecule has 0 radical (unpaired) electrons. The van der Waals surface area contributed by atoms with Crippen molar-refractivity contribution < 1.29 is 19.7 Å². The molecule has 3 atom stereocenters. The molecule has 3 N–H and O–H groups in total. The molecule has 1 heterocycles. The van der Waals surface area contributed by atoms with Crippen LogP contribution in [0.4, 0.5) is 0 Å². The summed E-state index contributed by atoms with van der Waals surface area (Å²) in [5.74, 6) is -0.381. The number of ether oxygens (including phenoxy) is 1. The number of benzene rings is 1. The first-order valence-electron chi connectivity index (χ1n) is 6.37. The van der Waals surface area contributed by atoms with E-state index in [2.05, 4.69) is 5.32 Å². The third kappa shape index (κ3) is 3.53. The number of esters is 1. The van der Waals surface area contributed by atoms with Gasteiger partial charge in [0, 0.05) is 13.5 Å². The van der Waals surface area contributed by atoms with Crippen LogP contribution in [0.1, 0.15) is 18.1 Å². The summed E-state index contributed by atoms with van der Waals surface area (Å²) in [6, 6.07) is 7.51. The maximum atomic E-state index is 11.0. The van der Waals surface area contributed by atoms with Crippen molar-refractivity contribution in [2.75, 3.05) is 6.54 Å². The fourth-order valence-electron chi connectivity index (χ4n) is 2.35. The number of rotatable bonds is 4. The first-order valence-corrected chi connectivity index (χ1v) is 6.37. The van der Waals surface area contributed by atoms with E-state index in [1.807, 2.05) is 24.3 Å². The van der Waals surface area contributed by atoms with Crippen molar-refractivity contribution in [2.24, 2.45) is 0 Å². The third-order valence-electron chi connectivity index (χ3n) is 3.33. The van der Waals surface area contributed by atoms with Crippen LogP contribution in [0.3, 0.4) is 0 Å². The zero-order valence-electron chi connectivity index (χ0n) is 10.9. The van der Waals surface area contributed by atoms with E-state index in [1.54, 1.807) is 0 Å². The lowest BCUT2D eigenvalue weighted by Gasteiger charge is -2.21. The molecule has 0 bridgehead atoms. The molecule has 19 heavy (non-hydrogen) atoms. The van der Waals surface area contributed by atoms with Crippen LogP contribution in [-0.2, 0) is 22.6 Å². The van der Waals surface area contributed by atoms with E-state index in [9.17, 15) is 9.90 Å². The average molecular weight is 265 g/mol. The van der Waals surface area contributed by atoms with Gasteiger partial charge in [-0.15, -0.1) is 0 Å². The molecule has 5 heteroatoms. The minimum Gasteiger partial charge on any atom is -0.458 e. The Morgan fingerprint density at radius 1 is 1.37 bits per heavy atom. The van der Waals surface area contributed by atoms with Crippen LogP contribution in [0.15, 0.2) is 24.3 Å². The minimum absolute atomic E-state index is 0.0245. The third-order valence-corrected chi connectivity index (χ3v) is 3.33.